The van der Waals surface area contributed by atoms with Crippen LogP contribution in [0.3, 0.4) is 0 Å². The van der Waals surface area contributed by atoms with E-state index < -0.39 is 18.6 Å². The van der Waals surface area contributed by atoms with Crippen molar-refractivity contribution in [2.24, 2.45) is 5.73 Å². The van der Waals surface area contributed by atoms with Gasteiger partial charge in [-0.15, -0.1) is 0 Å². The number of nitrogens with two attached hydrogens (primary N) is 1. The van der Waals surface area contributed by atoms with Gasteiger partial charge in [-0.05, 0) is 19.1 Å². The molecule has 0 aliphatic carbocycles. The number of hydrogen-bond acceptors (Lipinski definition) is 3. The molecule has 0 spiro atoms. The molecule has 0 bridgehead atoms. The number of amides is 1. The van der Waals surface area contributed by atoms with E-state index in [1.54, 1.807) is 0 Å². The van der Waals surface area contributed by atoms with Crippen LogP contribution >= 0.6 is 23.2 Å². The first-order valence-electron chi connectivity index (χ1n) is 5.27. The van der Waals surface area contributed by atoms with Gasteiger partial charge in [0.25, 0.3) is 0 Å². The zero-order chi connectivity index (χ0) is 14.6. The van der Waals surface area contributed by atoms with Crippen LogP contribution in [-0.4, -0.2) is 18.6 Å². The Morgan fingerprint density at radius 1 is 1.47 bits per heavy atom. The number of halogens is 4. The minimum absolute atomic E-state index is 0.0576. The highest BCUT2D eigenvalue weighted by molar-refractivity contribution is 6.35. The highest BCUT2D eigenvalue weighted by Crippen LogP contribution is 2.33. The maximum absolute atomic E-state index is 12.3. The predicted molar refractivity (Wildman–Crippen MR) is 68.6 cm³/mol. The van der Waals surface area contributed by atoms with Gasteiger partial charge in [0.1, 0.15) is 5.75 Å². The summed E-state index contributed by atoms with van der Waals surface area (Å²) in [5.74, 6) is -0.648. The van der Waals surface area contributed by atoms with Gasteiger partial charge < -0.3 is 15.8 Å². The molecule has 1 aromatic carbocycles. The molecule has 19 heavy (non-hydrogen) atoms. The van der Waals surface area contributed by atoms with Crippen LogP contribution in [0.5, 0.6) is 5.75 Å². The summed E-state index contributed by atoms with van der Waals surface area (Å²) in [6, 6.07) is 1.94. The Morgan fingerprint density at radius 3 is 2.63 bits per heavy atom. The lowest BCUT2D eigenvalue weighted by molar-refractivity contribution is -0.122. The predicted octanol–water partition coefficient (Wildman–Crippen LogP) is 2.56. The normalized spacial score (nSPS) is 12.4. The summed E-state index contributed by atoms with van der Waals surface area (Å²) < 4.78 is 28.9. The zero-order valence-corrected chi connectivity index (χ0v) is 11.4. The third-order valence-electron chi connectivity index (χ3n) is 2.16. The minimum Gasteiger partial charge on any atom is -0.433 e. The molecule has 4 nitrogen and oxygen atoms in total. The third-order valence-corrected chi connectivity index (χ3v) is 2.66. The van der Waals surface area contributed by atoms with E-state index >= 15 is 0 Å². The Morgan fingerprint density at radius 2 is 2.11 bits per heavy atom. The fourth-order valence-corrected chi connectivity index (χ4v) is 1.89. The van der Waals surface area contributed by atoms with E-state index in [4.69, 9.17) is 28.9 Å². The van der Waals surface area contributed by atoms with Gasteiger partial charge in [-0.25, -0.2) is 0 Å². The van der Waals surface area contributed by atoms with E-state index in [2.05, 4.69) is 10.1 Å². The highest BCUT2D eigenvalue weighted by Gasteiger charge is 2.16. The molecule has 0 aromatic heterocycles. The molecule has 0 aliphatic heterocycles. The largest absolute Gasteiger partial charge is 0.433 e. The fourth-order valence-electron chi connectivity index (χ4n) is 1.31. The lowest BCUT2D eigenvalue weighted by atomic mass is 10.2. The Balaban J connectivity index is 2.94. The molecule has 0 unspecified atom stereocenters. The number of ether oxygens (including phenoxy) is 1. The van der Waals surface area contributed by atoms with Crippen LogP contribution in [0.2, 0.25) is 10.0 Å². The van der Waals surface area contributed by atoms with Crippen molar-refractivity contribution in [3.05, 3.63) is 27.7 Å². The second kappa shape index (κ2) is 6.88. The fraction of sp³-hybridized carbons (Fsp3) is 0.364. The summed E-state index contributed by atoms with van der Waals surface area (Å²) in [4.78, 5) is 11.3. The number of hydrogen-bond donors (Lipinski definition) is 2. The van der Waals surface area contributed by atoms with E-state index in [1.807, 2.05) is 0 Å². The van der Waals surface area contributed by atoms with Gasteiger partial charge in [-0.2, -0.15) is 8.78 Å². The van der Waals surface area contributed by atoms with Gasteiger partial charge in [0.15, 0.2) is 0 Å². The third kappa shape index (κ3) is 4.81. The van der Waals surface area contributed by atoms with Crippen molar-refractivity contribution in [3.8, 4) is 5.75 Å². The van der Waals surface area contributed by atoms with Crippen molar-refractivity contribution in [2.45, 2.75) is 26.1 Å². The number of rotatable bonds is 5. The molecule has 106 valence electrons. The quantitative estimate of drug-likeness (QED) is 0.878. The first kappa shape index (κ1) is 15.9. The molecule has 8 heteroatoms. The zero-order valence-electron chi connectivity index (χ0n) is 9.92. The lowest BCUT2D eigenvalue weighted by Gasteiger charge is -2.14. The van der Waals surface area contributed by atoms with Crippen LogP contribution in [0.25, 0.3) is 0 Å². The standard InChI is InChI=1S/C11H12Cl2F2N2O2/c1-5(16)10(18)17-4-6-2-7(12)3-8(13)9(6)19-11(14)15/h2-3,5,11H,4,16H2,1H3,(H,17,18)/t5-/m0/s1. The second-order valence-electron chi connectivity index (χ2n) is 3.76. The Bertz CT molecular complexity index is 470. The summed E-state index contributed by atoms with van der Waals surface area (Å²) in [6.45, 7) is -1.60. The van der Waals surface area contributed by atoms with E-state index in [-0.39, 0.29) is 27.9 Å². The van der Waals surface area contributed by atoms with Crippen LogP contribution in [0.15, 0.2) is 12.1 Å². The molecular formula is C11H12Cl2F2N2O2. The van der Waals surface area contributed by atoms with Gasteiger partial charge in [0.05, 0.1) is 11.1 Å². The smallest absolute Gasteiger partial charge is 0.387 e. The maximum atomic E-state index is 12.3. The van der Waals surface area contributed by atoms with Crippen molar-refractivity contribution >= 4 is 29.1 Å². The van der Waals surface area contributed by atoms with Crippen molar-refractivity contribution in [3.63, 3.8) is 0 Å². The summed E-state index contributed by atoms with van der Waals surface area (Å²) in [5.41, 5.74) is 5.61. The van der Waals surface area contributed by atoms with Gasteiger partial charge in [0.2, 0.25) is 5.91 Å². The molecule has 1 rings (SSSR count). The Labute approximate surface area is 118 Å². The summed E-state index contributed by atoms with van der Waals surface area (Å²) >= 11 is 11.5. The molecule has 3 N–H and O–H groups in total. The van der Waals surface area contributed by atoms with Gasteiger partial charge in [-0.3, -0.25) is 4.79 Å². The van der Waals surface area contributed by atoms with E-state index in [0.29, 0.717) is 0 Å². The molecule has 0 fully saturated rings. The van der Waals surface area contributed by atoms with Crippen LogP contribution in [0.4, 0.5) is 8.78 Å². The van der Waals surface area contributed by atoms with Crippen LogP contribution in [-0.2, 0) is 11.3 Å². The van der Waals surface area contributed by atoms with Crippen LogP contribution in [0.1, 0.15) is 12.5 Å². The Kier molecular flexibility index (Phi) is 5.78. The number of carbonyl (C=O) groups is 1. The number of carbonyl (C=O) groups excluding carboxylic acids is 1. The van der Waals surface area contributed by atoms with Crippen molar-refractivity contribution in [2.75, 3.05) is 0 Å². The molecule has 0 heterocycles. The number of alkyl halides is 2. The van der Waals surface area contributed by atoms with Crippen molar-refractivity contribution < 1.29 is 18.3 Å². The van der Waals surface area contributed by atoms with Gasteiger partial charge >= 0.3 is 6.61 Å². The minimum atomic E-state index is -3.03. The van der Waals surface area contributed by atoms with Crippen molar-refractivity contribution in [1.82, 2.24) is 5.32 Å². The van der Waals surface area contributed by atoms with E-state index in [0.717, 1.165) is 0 Å². The molecule has 0 aliphatic rings. The molecule has 0 saturated heterocycles. The lowest BCUT2D eigenvalue weighted by Crippen LogP contribution is -2.37. The summed E-state index contributed by atoms with van der Waals surface area (Å²) in [6.07, 6.45) is 0. The first-order chi connectivity index (χ1) is 8.81. The SMILES string of the molecule is C[C@H](N)C(=O)NCc1cc(Cl)cc(Cl)c1OC(F)F. The molecule has 1 atom stereocenters. The molecule has 0 radical (unpaired) electrons. The highest BCUT2D eigenvalue weighted by atomic mass is 35.5. The van der Waals surface area contributed by atoms with E-state index in [1.165, 1.54) is 19.1 Å². The van der Waals surface area contributed by atoms with Gasteiger partial charge in [0, 0.05) is 17.1 Å². The Hall–Kier alpha value is -1.11. The topological polar surface area (TPSA) is 64.4 Å². The summed E-state index contributed by atoms with van der Waals surface area (Å²) in [7, 11) is 0. The monoisotopic (exact) mass is 312 g/mol. The summed E-state index contributed by atoms with van der Waals surface area (Å²) in [5, 5.41) is 2.65. The van der Waals surface area contributed by atoms with E-state index in [9.17, 15) is 13.6 Å². The number of nitrogens with one attached hydrogen (secondary N) is 1. The average molecular weight is 313 g/mol. The second-order valence-corrected chi connectivity index (χ2v) is 4.60. The van der Waals surface area contributed by atoms with Gasteiger partial charge in [-0.1, -0.05) is 23.2 Å². The molecule has 1 amide bonds. The van der Waals surface area contributed by atoms with Crippen LogP contribution in [0, 0.1) is 0 Å². The van der Waals surface area contributed by atoms with Crippen LogP contribution < -0.4 is 15.8 Å². The first-order valence-corrected chi connectivity index (χ1v) is 6.03. The molecule has 0 saturated carbocycles. The molecule has 1 aromatic rings. The molecular weight excluding hydrogens is 301 g/mol. The maximum Gasteiger partial charge on any atom is 0.387 e. The number of benzene rings is 1. The average Bonchev–Trinajstić information content (AvgIpc) is 2.29. The van der Waals surface area contributed by atoms with Crippen molar-refractivity contribution in [1.29, 1.82) is 0 Å².